The van der Waals surface area contributed by atoms with Gasteiger partial charge in [0.1, 0.15) is 22.8 Å². The zero-order valence-electron chi connectivity index (χ0n) is 18.2. The molecule has 2 aromatic rings. The number of hydrogen-bond acceptors (Lipinski definition) is 12. The van der Waals surface area contributed by atoms with E-state index in [1.807, 2.05) is 0 Å². The van der Waals surface area contributed by atoms with E-state index in [1.165, 1.54) is 28.1 Å². The standard InChI is InChI=1S/C22H17N5O7S2/c1-2-9-7-35-18-14(25-16(28)13(26-32)12-8-36-22(23)24-12)17(29)27(18)15(9)20(31)34-21-11-6-4-3-5-10(11)19(30)33-21/h2-6,8,14,18,21,32H,1,7H2,(H2,23,24)(H,25,28)/b26-13-/t14?,18-,21?/m1/s1. The summed E-state index contributed by atoms with van der Waals surface area (Å²) in [4.78, 5) is 56.1. The number of rotatable bonds is 6. The second-order valence-electron chi connectivity index (χ2n) is 7.69. The molecular weight excluding hydrogens is 510 g/mol. The number of hydrogen-bond donors (Lipinski definition) is 3. The van der Waals surface area contributed by atoms with Crippen molar-refractivity contribution in [1.29, 1.82) is 0 Å². The number of thiazole rings is 1. The van der Waals surface area contributed by atoms with Crippen LogP contribution in [0.3, 0.4) is 0 Å². The van der Waals surface area contributed by atoms with E-state index in [0.29, 0.717) is 16.9 Å². The molecule has 0 spiro atoms. The van der Waals surface area contributed by atoms with Crippen LogP contribution >= 0.6 is 23.1 Å². The normalized spacial score (nSPS) is 22.8. The first-order valence-corrected chi connectivity index (χ1v) is 12.3. The molecule has 2 unspecified atom stereocenters. The fraction of sp³-hybridized carbons (Fsp3) is 0.182. The smallest absolute Gasteiger partial charge is 0.358 e. The number of ether oxygens (including phenoxy) is 2. The molecule has 3 aliphatic rings. The van der Waals surface area contributed by atoms with E-state index in [0.717, 1.165) is 11.3 Å². The maximum Gasteiger partial charge on any atom is 0.358 e. The molecule has 1 aromatic carbocycles. The van der Waals surface area contributed by atoms with Crippen molar-refractivity contribution in [1.82, 2.24) is 15.2 Å². The predicted octanol–water partition coefficient (Wildman–Crippen LogP) is 1.16. The third-order valence-electron chi connectivity index (χ3n) is 5.67. The molecule has 0 aliphatic carbocycles. The highest BCUT2D eigenvalue weighted by atomic mass is 32.2. The number of nitrogens with two attached hydrogens (primary N) is 1. The van der Waals surface area contributed by atoms with Crippen LogP contribution in [0.5, 0.6) is 0 Å². The molecule has 5 rings (SSSR count). The lowest BCUT2D eigenvalue weighted by atomic mass is 10.0. The van der Waals surface area contributed by atoms with Crippen LogP contribution in [-0.2, 0) is 23.9 Å². The van der Waals surface area contributed by atoms with Gasteiger partial charge in [-0.25, -0.2) is 14.6 Å². The van der Waals surface area contributed by atoms with Gasteiger partial charge >= 0.3 is 11.9 Å². The number of anilines is 1. The zero-order valence-corrected chi connectivity index (χ0v) is 19.9. The SMILES string of the molecule is C=CC1=C(C(=O)OC2OC(=O)c3ccccc32)N2C(=O)C(NC(=O)/C(=N\O)c3csc(N)n3)[C@H]2SC1. The summed E-state index contributed by atoms with van der Waals surface area (Å²) in [6.45, 7) is 3.71. The highest BCUT2D eigenvalue weighted by Gasteiger charge is 2.55. The second-order valence-corrected chi connectivity index (χ2v) is 9.68. The summed E-state index contributed by atoms with van der Waals surface area (Å²) >= 11 is 2.36. The maximum atomic E-state index is 13.2. The van der Waals surface area contributed by atoms with Crippen molar-refractivity contribution in [3.05, 3.63) is 70.4 Å². The molecule has 1 fully saturated rings. The molecular formula is C22H17N5O7S2. The molecule has 3 atom stereocenters. The average Bonchev–Trinajstić information content (AvgIpc) is 3.44. The minimum Gasteiger partial charge on any atom is -0.417 e. The highest BCUT2D eigenvalue weighted by molar-refractivity contribution is 8.00. The number of nitrogens with one attached hydrogen (secondary N) is 1. The molecule has 12 nitrogen and oxygen atoms in total. The summed E-state index contributed by atoms with van der Waals surface area (Å²) < 4.78 is 10.6. The van der Waals surface area contributed by atoms with Crippen LogP contribution < -0.4 is 11.1 Å². The van der Waals surface area contributed by atoms with E-state index in [2.05, 4.69) is 22.0 Å². The molecule has 0 saturated carbocycles. The van der Waals surface area contributed by atoms with Crippen molar-refractivity contribution in [3.63, 3.8) is 0 Å². The number of allylic oxidation sites excluding steroid dienone is 1. The van der Waals surface area contributed by atoms with E-state index in [1.54, 1.807) is 24.3 Å². The number of thioether (sulfide) groups is 1. The molecule has 2 amide bonds. The highest BCUT2D eigenvalue weighted by Crippen LogP contribution is 2.42. The summed E-state index contributed by atoms with van der Waals surface area (Å²) in [7, 11) is 0. The van der Waals surface area contributed by atoms with Crippen LogP contribution in [0.4, 0.5) is 5.13 Å². The Morgan fingerprint density at radius 3 is 2.83 bits per heavy atom. The number of aromatic nitrogens is 1. The molecule has 4 heterocycles. The van der Waals surface area contributed by atoms with Crippen molar-refractivity contribution in [2.24, 2.45) is 5.16 Å². The monoisotopic (exact) mass is 527 g/mol. The average molecular weight is 528 g/mol. The second kappa shape index (κ2) is 9.13. The van der Waals surface area contributed by atoms with Crippen molar-refractivity contribution < 1.29 is 33.9 Å². The van der Waals surface area contributed by atoms with Crippen LogP contribution in [0.1, 0.15) is 27.9 Å². The Labute approximate surface area is 211 Å². The number of oxime groups is 1. The van der Waals surface area contributed by atoms with Gasteiger partial charge in [0.05, 0.1) is 5.56 Å². The van der Waals surface area contributed by atoms with Gasteiger partial charge in [-0.2, -0.15) is 0 Å². The van der Waals surface area contributed by atoms with Crippen LogP contribution in [0.15, 0.2) is 58.7 Å². The Balaban J connectivity index is 1.33. The van der Waals surface area contributed by atoms with Crippen LogP contribution in [0.2, 0.25) is 0 Å². The minimum absolute atomic E-state index is 0.0481. The lowest BCUT2D eigenvalue weighted by Crippen LogP contribution is -2.71. The Kier molecular flexibility index (Phi) is 5.97. The fourth-order valence-corrected chi connectivity index (χ4v) is 5.85. The van der Waals surface area contributed by atoms with Gasteiger partial charge in [-0.15, -0.1) is 23.1 Å². The van der Waals surface area contributed by atoms with E-state index in [9.17, 15) is 24.4 Å². The quantitative estimate of drug-likeness (QED) is 0.163. The van der Waals surface area contributed by atoms with Gasteiger partial charge in [0.15, 0.2) is 10.8 Å². The number of benzene rings is 1. The Morgan fingerprint density at radius 2 is 2.14 bits per heavy atom. The first-order chi connectivity index (χ1) is 17.3. The van der Waals surface area contributed by atoms with Crippen LogP contribution in [0, 0.1) is 0 Å². The molecule has 0 bridgehead atoms. The lowest BCUT2D eigenvalue weighted by molar-refractivity contribution is -0.168. The topological polar surface area (TPSA) is 174 Å². The van der Waals surface area contributed by atoms with Gasteiger partial charge in [-0.1, -0.05) is 36.0 Å². The number of carbonyl (C=O) groups is 4. The fourth-order valence-electron chi connectivity index (χ4n) is 3.96. The largest absolute Gasteiger partial charge is 0.417 e. The van der Waals surface area contributed by atoms with Gasteiger partial charge < -0.3 is 25.7 Å². The third-order valence-corrected chi connectivity index (χ3v) is 7.64. The summed E-state index contributed by atoms with van der Waals surface area (Å²) in [6.07, 6.45) is 0.185. The summed E-state index contributed by atoms with van der Waals surface area (Å²) in [5.41, 5.74) is 6.32. The van der Waals surface area contributed by atoms with E-state index in [4.69, 9.17) is 15.2 Å². The van der Waals surface area contributed by atoms with Gasteiger partial charge in [0.2, 0.25) is 0 Å². The Bertz CT molecular complexity index is 1380. The van der Waals surface area contributed by atoms with E-state index < -0.39 is 47.2 Å². The van der Waals surface area contributed by atoms with E-state index in [-0.39, 0.29) is 22.1 Å². The van der Waals surface area contributed by atoms with Crippen LogP contribution in [-0.4, -0.2) is 61.7 Å². The minimum atomic E-state index is -1.26. The number of amides is 2. The molecule has 3 aliphatic heterocycles. The first kappa shape index (κ1) is 23.6. The molecule has 4 N–H and O–H groups in total. The summed E-state index contributed by atoms with van der Waals surface area (Å²) in [5, 5.41) is 15.8. The number of fused-ring (bicyclic) bond motifs is 2. The van der Waals surface area contributed by atoms with Gasteiger partial charge in [-0.3, -0.25) is 14.5 Å². The van der Waals surface area contributed by atoms with Gasteiger partial charge in [-0.05, 0) is 11.6 Å². The molecule has 0 radical (unpaired) electrons. The molecule has 184 valence electrons. The Hall–Kier alpha value is -4.17. The van der Waals surface area contributed by atoms with Gasteiger partial charge in [0, 0.05) is 16.7 Å². The van der Waals surface area contributed by atoms with Crippen LogP contribution in [0.25, 0.3) is 0 Å². The number of carbonyl (C=O) groups excluding carboxylic acids is 4. The molecule has 1 saturated heterocycles. The Morgan fingerprint density at radius 1 is 1.36 bits per heavy atom. The number of nitrogens with zero attached hydrogens (tertiary/aromatic N) is 3. The molecule has 36 heavy (non-hydrogen) atoms. The number of nitrogen functional groups attached to an aromatic ring is 1. The molecule has 14 heteroatoms. The van der Waals surface area contributed by atoms with Crippen molar-refractivity contribution in [2.45, 2.75) is 17.7 Å². The number of β-lactam (4-membered cyclic amide) rings is 1. The maximum absolute atomic E-state index is 13.2. The third kappa shape index (κ3) is 3.79. The van der Waals surface area contributed by atoms with Crippen molar-refractivity contribution in [3.8, 4) is 0 Å². The van der Waals surface area contributed by atoms with Gasteiger partial charge in [0.25, 0.3) is 18.1 Å². The predicted molar refractivity (Wildman–Crippen MR) is 128 cm³/mol. The lowest BCUT2D eigenvalue weighted by Gasteiger charge is -2.49. The summed E-state index contributed by atoms with van der Waals surface area (Å²) in [6, 6.07) is 5.50. The summed E-state index contributed by atoms with van der Waals surface area (Å²) in [5.74, 6) is -2.61. The number of cyclic esters (lactones) is 1. The number of esters is 2. The van der Waals surface area contributed by atoms with Crippen molar-refractivity contribution in [2.75, 3.05) is 11.5 Å². The zero-order chi connectivity index (χ0) is 25.6. The first-order valence-electron chi connectivity index (χ1n) is 10.4. The van der Waals surface area contributed by atoms with E-state index >= 15 is 0 Å². The molecule has 1 aromatic heterocycles. The van der Waals surface area contributed by atoms with Crippen molar-refractivity contribution >= 4 is 57.7 Å².